The van der Waals surface area contributed by atoms with E-state index in [0.29, 0.717) is 28.8 Å². The van der Waals surface area contributed by atoms with Crippen LogP contribution in [0, 0.1) is 11.3 Å². The van der Waals surface area contributed by atoms with E-state index in [2.05, 4.69) is 0 Å². The fraction of sp³-hybridized carbons (Fsp3) is 0.435. The summed E-state index contributed by atoms with van der Waals surface area (Å²) in [5, 5.41) is 38.3. The third-order valence-corrected chi connectivity index (χ3v) is 5.79. The summed E-state index contributed by atoms with van der Waals surface area (Å²) in [6, 6.07) is 9.87. The van der Waals surface area contributed by atoms with Crippen LogP contribution in [0.5, 0.6) is 0 Å². The molecule has 1 saturated heterocycles. The van der Waals surface area contributed by atoms with Crippen molar-refractivity contribution in [3.63, 3.8) is 0 Å². The Morgan fingerprint density at radius 1 is 0.971 bits per heavy atom. The fourth-order valence-corrected chi connectivity index (χ4v) is 3.96. The second-order valence-electron chi connectivity index (χ2n) is 8.16. The van der Waals surface area contributed by atoms with Crippen LogP contribution in [0.4, 0.5) is 26.3 Å². The van der Waals surface area contributed by atoms with Gasteiger partial charge < -0.3 is 20.1 Å². The van der Waals surface area contributed by atoms with Gasteiger partial charge in [-0.05, 0) is 29.2 Å². The molecular formula is C23H21F6NO4. The van der Waals surface area contributed by atoms with Crippen molar-refractivity contribution in [2.45, 2.75) is 55.5 Å². The highest BCUT2D eigenvalue weighted by Crippen LogP contribution is 2.50. The predicted octanol–water partition coefficient (Wildman–Crippen LogP) is 4.03. The van der Waals surface area contributed by atoms with Gasteiger partial charge in [-0.3, -0.25) is 0 Å². The summed E-state index contributed by atoms with van der Waals surface area (Å²) in [5.41, 5.74) is -4.79. The minimum atomic E-state index is -5.98. The number of halogens is 6. The van der Waals surface area contributed by atoms with E-state index in [1.807, 2.05) is 6.07 Å². The molecule has 11 heteroatoms. The number of ether oxygens (including phenoxy) is 1. The van der Waals surface area contributed by atoms with E-state index >= 15 is 0 Å². The largest absolute Gasteiger partial charge is 0.430 e. The number of hydrogen-bond acceptors (Lipinski definition) is 5. The van der Waals surface area contributed by atoms with Crippen LogP contribution >= 0.6 is 0 Å². The highest BCUT2D eigenvalue weighted by molar-refractivity contribution is 5.44. The zero-order chi connectivity index (χ0) is 25.3. The molecule has 3 N–H and O–H groups in total. The molecule has 0 amide bonds. The van der Waals surface area contributed by atoms with E-state index in [9.17, 15) is 46.9 Å². The second-order valence-corrected chi connectivity index (χ2v) is 8.16. The third-order valence-electron chi connectivity index (χ3n) is 5.79. The summed E-state index contributed by atoms with van der Waals surface area (Å²) in [6.07, 6.45) is -13.3. The van der Waals surface area contributed by atoms with E-state index in [-0.39, 0.29) is 31.4 Å². The molecule has 3 rings (SSSR count). The Bertz CT molecular complexity index is 1030. The van der Waals surface area contributed by atoms with E-state index in [0.717, 1.165) is 12.1 Å². The van der Waals surface area contributed by atoms with E-state index in [1.54, 1.807) is 12.1 Å². The third kappa shape index (κ3) is 5.05. The first-order valence-corrected chi connectivity index (χ1v) is 10.2. The number of aliphatic hydroxyl groups excluding tert-OH is 2. The quantitative estimate of drug-likeness (QED) is 0.552. The monoisotopic (exact) mass is 489 g/mol. The molecule has 1 aliphatic heterocycles. The molecule has 1 fully saturated rings. The average molecular weight is 489 g/mol. The number of benzene rings is 2. The molecule has 1 aliphatic rings. The van der Waals surface area contributed by atoms with E-state index < -0.39 is 41.8 Å². The lowest BCUT2D eigenvalue weighted by molar-refractivity contribution is -0.376. The van der Waals surface area contributed by atoms with Gasteiger partial charge in [-0.1, -0.05) is 36.4 Å². The summed E-state index contributed by atoms with van der Waals surface area (Å²) in [4.78, 5) is 0. The van der Waals surface area contributed by atoms with Gasteiger partial charge in [-0.15, -0.1) is 0 Å². The Morgan fingerprint density at radius 3 is 2.12 bits per heavy atom. The van der Waals surface area contributed by atoms with Crippen LogP contribution in [-0.2, 0) is 16.8 Å². The molecule has 0 aromatic heterocycles. The lowest BCUT2D eigenvalue weighted by atomic mass is 9.89. The maximum atomic E-state index is 13.1. The molecule has 0 saturated carbocycles. The van der Waals surface area contributed by atoms with Crippen LogP contribution in [-0.4, -0.2) is 46.5 Å². The molecule has 2 aromatic carbocycles. The normalized spacial score (nSPS) is 21.8. The predicted molar refractivity (Wildman–Crippen MR) is 106 cm³/mol. The highest BCUT2D eigenvalue weighted by atomic mass is 19.4. The highest BCUT2D eigenvalue weighted by Gasteiger charge is 2.71. The van der Waals surface area contributed by atoms with Gasteiger partial charge in [-0.2, -0.15) is 31.6 Å². The van der Waals surface area contributed by atoms with E-state index in [1.165, 1.54) is 6.07 Å². The maximum absolute atomic E-state index is 13.1. The second kappa shape index (κ2) is 9.54. The zero-order valence-electron chi connectivity index (χ0n) is 17.6. The number of hydrogen-bond donors (Lipinski definition) is 3. The summed E-state index contributed by atoms with van der Waals surface area (Å²) in [7, 11) is 0. The number of rotatable bonds is 5. The van der Waals surface area contributed by atoms with Crippen LogP contribution in [0.3, 0.4) is 0 Å². The SMILES string of the molecule is N#Cc1ccc([C@H]2CC(O)C[C@@H](CO)O2)cc1Cc1ccc(C(O)(C(F)(F)F)C(F)(F)F)cc1. The van der Waals surface area contributed by atoms with Crippen molar-refractivity contribution in [2.75, 3.05) is 6.61 Å². The topological polar surface area (TPSA) is 93.7 Å². The minimum Gasteiger partial charge on any atom is -0.394 e. The smallest absolute Gasteiger partial charge is 0.394 e. The van der Waals surface area contributed by atoms with Gasteiger partial charge >= 0.3 is 12.4 Å². The number of nitriles is 1. The molecule has 0 bridgehead atoms. The summed E-state index contributed by atoms with van der Waals surface area (Å²) in [6.45, 7) is -0.286. The average Bonchev–Trinajstić information content (AvgIpc) is 2.77. The molecule has 5 nitrogen and oxygen atoms in total. The summed E-state index contributed by atoms with van der Waals surface area (Å²) >= 11 is 0. The van der Waals surface area contributed by atoms with Crippen molar-refractivity contribution >= 4 is 0 Å². The standard InChI is InChI=1S/C23H21F6NO4/c24-22(25,26)21(33,23(27,28)29)17-5-1-13(2-6-17)7-16-8-14(3-4-15(16)11-30)20-10-18(32)9-19(12-31)34-20/h1-6,8,18-20,31-33H,7,9-10,12H2/t18?,19-,20+/m0/s1. The Hall–Kier alpha value is -2.65. The number of nitrogens with zero attached hydrogens (tertiary/aromatic N) is 1. The molecule has 3 atom stereocenters. The van der Waals surface area contributed by atoms with Gasteiger partial charge in [0.25, 0.3) is 5.60 Å². The zero-order valence-corrected chi connectivity index (χ0v) is 17.6. The van der Waals surface area contributed by atoms with Crippen LogP contribution in [0.2, 0.25) is 0 Å². The van der Waals surface area contributed by atoms with Crippen LogP contribution in [0.15, 0.2) is 42.5 Å². The Kier molecular flexibility index (Phi) is 7.28. The first kappa shape index (κ1) is 26.0. The first-order chi connectivity index (χ1) is 15.8. The van der Waals surface area contributed by atoms with Gasteiger partial charge in [0.15, 0.2) is 0 Å². The molecule has 34 heavy (non-hydrogen) atoms. The lowest BCUT2D eigenvalue weighted by Gasteiger charge is -2.33. The molecule has 2 aromatic rings. The maximum Gasteiger partial charge on any atom is 0.430 e. The summed E-state index contributed by atoms with van der Waals surface area (Å²) < 4.78 is 84.3. The molecule has 0 spiro atoms. The number of alkyl halides is 6. The van der Waals surface area contributed by atoms with Crippen molar-refractivity contribution in [1.29, 1.82) is 5.26 Å². The Labute approximate surface area is 190 Å². The Balaban J connectivity index is 1.90. The van der Waals surface area contributed by atoms with Crippen molar-refractivity contribution in [3.05, 3.63) is 70.3 Å². The molecule has 184 valence electrons. The van der Waals surface area contributed by atoms with Gasteiger partial charge in [0, 0.05) is 18.4 Å². The van der Waals surface area contributed by atoms with Gasteiger partial charge in [0.05, 0.1) is 36.6 Å². The molecular weight excluding hydrogens is 468 g/mol. The molecule has 0 radical (unpaired) electrons. The van der Waals surface area contributed by atoms with E-state index in [4.69, 9.17) is 4.74 Å². The van der Waals surface area contributed by atoms with Crippen molar-refractivity contribution < 1.29 is 46.4 Å². The van der Waals surface area contributed by atoms with Crippen LogP contribution in [0.25, 0.3) is 0 Å². The van der Waals surface area contributed by atoms with Crippen LogP contribution < -0.4 is 0 Å². The van der Waals surface area contributed by atoms with Crippen molar-refractivity contribution in [2.24, 2.45) is 0 Å². The number of aliphatic hydroxyl groups is 3. The van der Waals surface area contributed by atoms with Crippen molar-refractivity contribution in [1.82, 2.24) is 0 Å². The van der Waals surface area contributed by atoms with Crippen LogP contribution in [0.1, 0.15) is 46.8 Å². The first-order valence-electron chi connectivity index (χ1n) is 10.2. The minimum absolute atomic E-state index is 0.00613. The molecule has 0 aliphatic carbocycles. The summed E-state index contributed by atoms with van der Waals surface area (Å²) in [5.74, 6) is 0. The fourth-order valence-electron chi connectivity index (χ4n) is 3.96. The Morgan fingerprint density at radius 2 is 1.59 bits per heavy atom. The van der Waals surface area contributed by atoms with Gasteiger partial charge in [0.2, 0.25) is 0 Å². The van der Waals surface area contributed by atoms with Gasteiger partial charge in [0.1, 0.15) is 0 Å². The lowest BCUT2D eigenvalue weighted by Crippen LogP contribution is -2.53. The molecule has 1 heterocycles. The van der Waals surface area contributed by atoms with Gasteiger partial charge in [-0.25, -0.2) is 0 Å². The van der Waals surface area contributed by atoms with Crippen molar-refractivity contribution in [3.8, 4) is 6.07 Å². The molecule has 1 unspecified atom stereocenters.